The second-order valence-corrected chi connectivity index (χ2v) is 8.30. The zero-order valence-electron chi connectivity index (χ0n) is 18.2. The van der Waals surface area contributed by atoms with E-state index in [4.69, 9.17) is 14.2 Å². The summed E-state index contributed by atoms with van der Waals surface area (Å²) in [6.45, 7) is 9.93. The molecule has 0 radical (unpaired) electrons. The Morgan fingerprint density at radius 1 is 1.24 bits per heavy atom. The number of hydrogen-bond donors (Lipinski definition) is 0. The van der Waals surface area contributed by atoms with E-state index in [1.807, 2.05) is 51.1 Å². The second-order valence-electron chi connectivity index (χ2n) is 8.30. The fraction of sp³-hybridized carbons (Fsp3) is 0.636. The SMILES string of the molecule is CCOC(=O)CO[C@H]1CCN(C[C@H](c2ccccc2)N(C)C(=O)OC(C)(C)C)C1. The van der Waals surface area contributed by atoms with Crippen molar-refractivity contribution in [3.63, 3.8) is 0 Å². The summed E-state index contributed by atoms with van der Waals surface area (Å²) in [7, 11) is 1.77. The van der Waals surface area contributed by atoms with E-state index in [9.17, 15) is 9.59 Å². The molecule has 2 rings (SSSR count). The first-order valence-corrected chi connectivity index (χ1v) is 10.2. The average Bonchev–Trinajstić information content (AvgIpc) is 3.11. The molecule has 1 aromatic rings. The standard InChI is InChI=1S/C22H34N2O5/c1-6-27-20(25)16-28-18-12-13-24(14-18)15-19(17-10-8-7-9-11-17)23(5)21(26)29-22(2,3)4/h7-11,18-19H,6,12-16H2,1-5H3/t18-,19+/m0/s1. The molecular weight excluding hydrogens is 372 g/mol. The van der Waals surface area contributed by atoms with Crippen LogP contribution in [-0.2, 0) is 19.0 Å². The van der Waals surface area contributed by atoms with E-state index in [0.29, 0.717) is 19.7 Å². The smallest absolute Gasteiger partial charge is 0.410 e. The number of ether oxygens (including phenoxy) is 3. The van der Waals surface area contributed by atoms with Gasteiger partial charge in [-0.15, -0.1) is 0 Å². The van der Waals surface area contributed by atoms with Gasteiger partial charge in [0.05, 0.1) is 18.8 Å². The van der Waals surface area contributed by atoms with Crippen LogP contribution in [0.1, 0.15) is 45.7 Å². The van der Waals surface area contributed by atoms with Crippen molar-refractivity contribution < 1.29 is 23.8 Å². The largest absolute Gasteiger partial charge is 0.464 e. The first-order chi connectivity index (χ1) is 13.7. The summed E-state index contributed by atoms with van der Waals surface area (Å²) < 4.78 is 16.2. The van der Waals surface area contributed by atoms with E-state index in [1.165, 1.54) is 0 Å². The van der Waals surface area contributed by atoms with Crippen LogP contribution in [0.4, 0.5) is 4.79 Å². The molecule has 7 heteroatoms. The summed E-state index contributed by atoms with van der Waals surface area (Å²) in [6, 6.07) is 9.81. The van der Waals surface area contributed by atoms with Crippen LogP contribution in [0, 0.1) is 0 Å². The predicted molar refractivity (Wildman–Crippen MR) is 111 cm³/mol. The number of amides is 1. The Morgan fingerprint density at radius 2 is 1.93 bits per heavy atom. The number of likely N-dealkylation sites (N-methyl/N-ethyl adjacent to an activating group) is 1. The Labute approximate surface area is 173 Å². The Bertz CT molecular complexity index is 659. The molecular formula is C22H34N2O5. The highest BCUT2D eigenvalue weighted by Crippen LogP contribution is 2.25. The van der Waals surface area contributed by atoms with Crippen molar-refractivity contribution in [3.8, 4) is 0 Å². The van der Waals surface area contributed by atoms with Crippen molar-refractivity contribution in [2.24, 2.45) is 0 Å². The molecule has 1 aliphatic heterocycles. The number of benzene rings is 1. The van der Waals surface area contributed by atoms with Crippen LogP contribution in [-0.4, -0.2) is 73.5 Å². The number of carbonyl (C=O) groups is 2. The molecule has 0 aliphatic carbocycles. The number of nitrogens with zero attached hydrogens (tertiary/aromatic N) is 2. The molecule has 1 fully saturated rings. The molecule has 1 heterocycles. The van der Waals surface area contributed by atoms with E-state index in [0.717, 1.165) is 18.5 Å². The molecule has 7 nitrogen and oxygen atoms in total. The summed E-state index contributed by atoms with van der Waals surface area (Å²) in [5.74, 6) is -0.335. The third-order valence-corrected chi connectivity index (χ3v) is 4.74. The molecule has 1 saturated heterocycles. The number of likely N-dealkylation sites (tertiary alicyclic amines) is 1. The van der Waals surface area contributed by atoms with Crippen molar-refractivity contribution in [3.05, 3.63) is 35.9 Å². The summed E-state index contributed by atoms with van der Waals surface area (Å²) >= 11 is 0. The van der Waals surface area contributed by atoms with Crippen molar-refractivity contribution in [1.82, 2.24) is 9.80 Å². The molecule has 1 amide bonds. The molecule has 0 saturated carbocycles. The third-order valence-electron chi connectivity index (χ3n) is 4.74. The lowest BCUT2D eigenvalue weighted by molar-refractivity contribution is -0.150. The molecule has 2 atom stereocenters. The van der Waals surface area contributed by atoms with E-state index in [-0.39, 0.29) is 30.8 Å². The van der Waals surface area contributed by atoms with Gasteiger partial charge in [-0.05, 0) is 39.7 Å². The highest BCUT2D eigenvalue weighted by Gasteiger charge is 2.31. The van der Waals surface area contributed by atoms with Gasteiger partial charge in [0.25, 0.3) is 0 Å². The number of hydrogen-bond acceptors (Lipinski definition) is 6. The van der Waals surface area contributed by atoms with Crippen molar-refractivity contribution in [1.29, 1.82) is 0 Å². The third kappa shape index (κ3) is 7.66. The van der Waals surface area contributed by atoms with Gasteiger partial charge in [0.1, 0.15) is 12.2 Å². The summed E-state index contributed by atoms with van der Waals surface area (Å²) in [6.07, 6.45) is 0.486. The van der Waals surface area contributed by atoms with E-state index < -0.39 is 5.60 Å². The van der Waals surface area contributed by atoms with Gasteiger partial charge in [0, 0.05) is 26.7 Å². The summed E-state index contributed by atoms with van der Waals surface area (Å²) in [5.41, 5.74) is 0.503. The van der Waals surface area contributed by atoms with E-state index in [1.54, 1.807) is 18.9 Å². The molecule has 1 aromatic carbocycles. The Balaban J connectivity index is 2.00. The number of rotatable bonds is 8. The number of esters is 1. The fourth-order valence-electron chi connectivity index (χ4n) is 3.32. The molecule has 0 spiro atoms. The highest BCUT2D eigenvalue weighted by molar-refractivity contribution is 5.70. The Morgan fingerprint density at radius 3 is 2.55 bits per heavy atom. The number of carbonyl (C=O) groups excluding carboxylic acids is 2. The zero-order chi connectivity index (χ0) is 21.4. The van der Waals surface area contributed by atoms with Gasteiger partial charge in [-0.3, -0.25) is 4.90 Å². The lowest BCUT2D eigenvalue weighted by Gasteiger charge is -2.33. The molecule has 1 aliphatic rings. The maximum Gasteiger partial charge on any atom is 0.410 e. The lowest BCUT2D eigenvalue weighted by Crippen LogP contribution is -2.41. The van der Waals surface area contributed by atoms with Crippen molar-refractivity contribution >= 4 is 12.1 Å². The Kier molecular flexibility index (Phi) is 8.46. The summed E-state index contributed by atoms with van der Waals surface area (Å²) in [4.78, 5) is 28.1. The van der Waals surface area contributed by atoms with Gasteiger partial charge in [0.2, 0.25) is 0 Å². The first-order valence-electron chi connectivity index (χ1n) is 10.2. The zero-order valence-corrected chi connectivity index (χ0v) is 18.2. The van der Waals surface area contributed by atoms with Crippen LogP contribution in [0.15, 0.2) is 30.3 Å². The molecule has 0 bridgehead atoms. The van der Waals surface area contributed by atoms with Gasteiger partial charge in [-0.25, -0.2) is 9.59 Å². The Hall–Kier alpha value is -2.12. The van der Waals surface area contributed by atoms with Crippen LogP contribution in [0.25, 0.3) is 0 Å². The molecule has 0 N–H and O–H groups in total. The molecule has 0 unspecified atom stereocenters. The van der Waals surface area contributed by atoms with Crippen LogP contribution < -0.4 is 0 Å². The molecule has 0 aromatic heterocycles. The summed E-state index contributed by atoms with van der Waals surface area (Å²) in [5, 5.41) is 0. The van der Waals surface area contributed by atoms with Crippen LogP contribution in [0.5, 0.6) is 0 Å². The van der Waals surface area contributed by atoms with Gasteiger partial charge in [0.15, 0.2) is 0 Å². The highest BCUT2D eigenvalue weighted by atomic mass is 16.6. The van der Waals surface area contributed by atoms with Crippen LogP contribution in [0.3, 0.4) is 0 Å². The average molecular weight is 407 g/mol. The monoisotopic (exact) mass is 406 g/mol. The van der Waals surface area contributed by atoms with Gasteiger partial charge in [-0.1, -0.05) is 30.3 Å². The minimum absolute atomic E-state index is 0.0114. The maximum absolute atomic E-state index is 12.7. The topological polar surface area (TPSA) is 68.3 Å². The molecule has 29 heavy (non-hydrogen) atoms. The van der Waals surface area contributed by atoms with Crippen molar-refractivity contribution in [2.45, 2.75) is 51.9 Å². The fourth-order valence-corrected chi connectivity index (χ4v) is 3.32. The van der Waals surface area contributed by atoms with E-state index >= 15 is 0 Å². The normalized spacial score (nSPS) is 18.3. The minimum atomic E-state index is -0.549. The predicted octanol–water partition coefficient (Wildman–Crippen LogP) is 3.25. The lowest BCUT2D eigenvalue weighted by atomic mass is 10.1. The van der Waals surface area contributed by atoms with E-state index in [2.05, 4.69) is 4.90 Å². The molecule has 162 valence electrons. The quantitative estimate of drug-likeness (QED) is 0.618. The van der Waals surface area contributed by atoms with Crippen molar-refractivity contribution in [2.75, 3.05) is 39.9 Å². The van der Waals surface area contributed by atoms with Gasteiger partial charge >= 0.3 is 12.1 Å². The second kappa shape index (κ2) is 10.6. The van der Waals surface area contributed by atoms with Crippen LogP contribution in [0.2, 0.25) is 0 Å². The van der Waals surface area contributed by atoms with Gasteiger partial charge < -0.3 is 19.1 Å². The van der Waals surface area contributed by atoms with Gasteiger partial charge in [-0.2, -0.15) is 0 Å². The first kappa shape index (κ1) is 23.2. The minimum Gasteiger partial charge on any atom is -0.464 e. The van der Waals surface area contributed by atoms with Crippen LogP contribution >= 0.6 is 0 Å². The maximum atomic E-state index is 12.7.